The molecule has 0 spiro atoms. The first-order valence-corrected chi connectivity index (χ1v) is 8.15. The summed E-state index contributed by atoms with van der Waals surface area (Å²) in [6.45, 7) is 6.05. The van der Waals surface area contributed by atoms with Crippen LogP contribution in [0.2, 0.25) is 0 Å². The van der Waals surface area contributed by atoms with Gasteiger partial charge in [0.2, 0.25) is 0 Å². The molecular weight excluding hydrogens is 260 g/mol. The SMILES string of the molecule is N=C(N)c1ccccc1N1CCC(CN2CCCC2)CC1. The zero-order chi connectivity index (χ0) is 14.7. The molecule has 2 aliphatic heterocycles. The topological polar surface area (TPSA) is 56.4 Å². The Balaban J connectivity index is 1.59. The highest BCUT2D eigenvalue weighted by molar-refractivity contribution is 6.00. The van der Waals surface area contributed by atoms with Gasteiger partial charge in [0.25, 0.3) is 0 Å². The predicted octanol–water partition coefficient (Wildman–Crippen LogP) is 2.28. The van der Waals surface area contributed by atoms with Gasteiger partial charge in [-0.2, -0.15) is 0 Å². The number of likely N-dealkylation sites (tertiary alicyclic amines) is 1. The van der Waals surface area contributed by atoms with Gasteiger partial charge in [0, 0.05) is 30.9 Å². The molecule has 2 saturated heterocycles. The average molecular weight is 286 g/mol. The second-order valence-corrected chi connectivity index (χ2v) is 6.37. The van der Waals surface area contributed by atoms with Crippen molar-refractivity contribution in [2.75, 3.05) is 37.6 Å². The Hall–Kier alpha value is -1.55. The summed E-state index contributed by atoms with van der Waals surface area (Å²) in [5, 5.41) is 7.73. The van der Waals surface area contributed by atoms with Gasteiger partial charge in [-0.25, -0.2) is 0 Å². The minimum Gasteiger partial charge on any atom is -0.384 e. The molecule has 0 radical (unpaired) electrons. The molecule has 0 saturated carbocycles. The molecule has 2 fully saturated rings. The van der Waals surface area contributed by atoms with Crippen molar-refractivity contribution in [2.45, 2.75) is 25.7 Å². The quantitative estimate of drug-likeness (QED) is 0.659. The molecule has 114 valence electrons. The van der Waals surface area contributed by atoms with E-state index in [2.05, 4.69) is 15.9 Å². The molecule has 4 nitrogen and oxygen atoms in total. The van der Waals surface area contributed by atoms with Crippen LogP contribution in [0.3, 0.4) is 0 Å². The maximum Gasteiger partial charge on any atom is 0.124 e. The molecule has 2 heterocycles. The predicted molar refractivity (Wildman–Crippen MR) is 88.1 cm³/mol. The third-order valence-corrected chi connectivity index (χ3v) is 4.86. The van der Waals surface area contributed by atoms with E-state index in [1.807, 2.05) is 18.2 Å². The van der Waals surface area contributed by atoms with E-state index in [-0.39, 0.29) is 5.84 Å². The fourth-order valence-electron chi connectivity index (χ4n) is 3.66. The lowest BCUT2D eigenvalue weighted by atomic mass is 9.95. The number of piperidine rings is 1. The van der Waals surface area contributed by atoms with Gasteiger partial charge in [0.1, 0.15) is 5.84 Å². The highest BCUT2D eigenvalue weighted by Crippen LogP contribution is 2.27. The molecule has 3 N–H and O–H groups in total. The average Bonchev–Trinajstić information content (AvgIpc) is 3.01. The fourth-order valence-corrected chi connectivity index (χ4v) is 3.66. The Bertz CT molecular complexity index is 485. The standard InChI is InChI=1S/C17H26N4/c18-17(19)15-5-1-2-6-16(15)21-11-7-14(8-12-21)13-20-9-3-4-10-20/h1-2,5-6,14H,3-4,7-13H2,(H3,18,19). The van der Waals surface area contributed by atoms with Crippen molar-refractivity contribution in [1.82, 2.24) is 4.90 Å². The van der Waals surface area contributed by atoms with Gasteiger partial charge in [0.05, 0.1) is 0 Å². The van der Waals surface area contributed by atoms with Crippen molar-refractivity contribution < 1.29 is 0 Å². The number of nitrogens with one attached hydrogen (secondary N) is 1. The number of nitrogen functional groups attached to an aromatic ring is 1. The van der Waals surface area contributed by atoms with Crippen molar-refractivity contribution >= 4 is 11.5 Å². The van der Waals surface area contributed by atoms with Crippen LogP contribution in [-0.4, -0.2) is 43.5 Å². The van der Waals surface area contributed by atoms with Crippen molar-refractivity contribution in [3.05, 3.63) is 29.8 Å². The molecular formula is C17H26N4. The summed E-state index contributed by atoms with van der Waals surface area (Å²) in [5.41, 5.74) is 7.71. The molecule has 4 heteroatoms. The van der Waals surface area contributed by atoms with E-state index in [1.165, 1.54) is 45.3 Å². The van der Waals surface area contributed by atoms with Crippen molar-refractivity contribution in [2.24, 2.45) is 11.7 Å². The number of rotatable bonds is 4. The maximum atomic E-state index is 7.73. The second-order valence-electron chi connectivity index (χ2n) is 6.37. The molecule has 0 unspecified atom stereocenters. The van der Waals surface area contributed by atoms with E-state index >= 15 is 0 Å². The van der Waals surface area contributed by atoms with Crippen LogP contribution in [0.15, 0.2) is 24.3 Å². The first-order valence-electron chi connectivity index (χ1n) is 8.15. The lowest BCUT2D eigenvalue weighted by Crippen LogP contribution is -2.38. The van der Waals surface area contributed by atoms with Crippen LogP contribution in [-0.2, 0) is 0 Å². The van der Waals surface area contributed by atoms with E-state index in [4.69, 9.17) is 11.1 Å². The van der Waals surface area contributed by atoms with Crippen LogP contribution in [0, 0.1) is 11.3 Å². The first-order chi connectivity index (χ1) is 10.2. The molecule has 0 aromatic heterocycles. The normalized spacial score (nSPS) is 20.9. The van der Waals surface area contributed by atoms with Crippen LogP contribution in [0.1, 0.15) is 31.2 Å². The molecule has 1 aromatic rings. The van der Waals surface area contributed by atoms with Gasteiger partial charge in [-0.05, 0) is 56.8 Å². The zero-order valence-electron chi connectivity index (χ0n) is 12.7. The number of amidine groups is 1. The fraction of sp³-hybridized carbons (Fsp3) is 0.588. The molecule has 0 atom stereocenters. The van der Waals surface area contributed by atoms with E-state index in [1.54, 1.807) is 0 Å². The number of benzene rings is 1. The minimum atomic E-state index is 0.171. The van der Waals surface area contributed by atoms with E-state index < -0.39 is 0 Å². The van der Waals surface area contributed by atoms with Crippen LogP contribution in [0.4, 0.5) is 5.69 Å². The molecule has 2 aliphatic rings. The van der Waals surface area contributed by atoms with Gasteiger partial charge in [-0.3, -0.25) is 5.41 Å². The number of hydrogen-bond donors (Lipinski definition) is 2. The Labute approximate surface area is 127 Å². The Morgan fingerprint density at radius 2 is 1.76 bits per heavy atom. The lowest BCUT2D eigenvalue weighted by molar-refractivity contribution is 0.249. The van der Waals surface area contributed by atoms with Crippen LogP contribution >= 0.6 is 0 Å². The molecule has 1 aromatic carbocycles. The largest absolute Gasteiger partial charge is 0.384 e. The maximum absolute atomic E-state index is 7.73. The highest BCUT2D eigenvalue weighted by atomic mass is 15.2. The van der Waals surface area contributed by atoms with Crippen molar-refractivity contribution in [1.29, 1.82) is 5.41 Å². The number of nitrogens with two attached hydrogens (primary N) is 1. The molecule has 0 aliphatic carbocycles. The highest BCUT2D eigenvalue weighted by Gasteiger charge is 2.24. The summed E-state index contributed by atoms with van der Waals surface area (Å²) in [7, 11) is 0. The summed E-state index contributed by atoms with van der Waals surface area (Å²) in [6.07, 6.45) is 5.27. The van der Waals surface area contributed by atoms with E-state index in [9.17, 15) is 0 Å². The number of para-hydroxylation sites is 1. The number of nitrogens with zero attached hydrogens (tertiary/aromatic N) is 2. The summed E-state index contributed by atoms with van der Waals surface area (Å²) in [6, 6.07) is 8.05. The van der Waals surface area contributed by atoms with E-state index in [0.29, 0.717) is 0 Å². The lowest BCUT2D eigenvalue weighted by Gasteiger charge is -2.36. The third kappa shape index (κ3) is 3.38. The van der Waals surface area contributed by atoms with E-state index in [0.717, 1.165) is 30.3 Å². The summed E-state index contributed by atoms with van der Waals surface area (Å²) < 4.78 is 0. The van der Waals surface area contributed by atoms with Crippen molar-refractivity contribution in [3.8, 4) is 0 Å². The first kappa shape index (κ1) is 14.4. The molecule has 0 amide bonds. The summed E-state index contributed by atoms with van der Waals surface area (Å²) >= 11 is 0. The third-order valence-electron chi connectivity index (χ3n) is 4.86. The smallest absolute Gasteiger partial charge is 0.124 e. The van der Waals surface area contributed by atoms with Gasteiger partial charge in [0.15, 0.2) is 0 Å². The monoisotopic (exact) mass is 286 g/mol. The van der Waals surface area contributed by atoms with Crippen LogP contribution in [0.25, 0.3) is 0 Å². The molecule has 3 rings (SSSR count). The van der Waals surface area contributed by atoms with Gasteiger partial charge >= 0.3 is 0 Å². The Kier molecular flexibility index (Phi) is 4.44. The summed E-state index contributed by atoms with van der Waals surface area (Å²) in [5.74, 6) is 1.01. The van der Waals surface area contributed by atoms with Gasteiger partial charge < -0.3 is 15.5 Å². The van der Waals surface area contributed by atoms with Gasteiger partial charge in [-0.15, -0.1) is 0 Å². The van der Waals surface area contributed by atoms with Crippen molar-refractivity contribution in [3.63, 3.8) is 0 Å². The van der Waals surface area contributed by atoms with Crippen LogP contribution in [0.5, 0.6) is 0 Å². The number of hydrogen-bond acceptors (Lipinski definition) is 3. The summed E-state index contributed by atoms with van der Waals surface area (Å²) in [4.78, 5) is 5.03. The van der Waals surface area contributed by atoms with Gasteiger partial charge in [-0.1, -0.05) is 12.1 Å². The Morgan fingerprint density at radius 3 is 2.43 bits per heavy atom. The minimum absolute atomic E-state index is 0.171. The molecule has 0 bridgehead atoms. The zero-order valence-corrected chi connectivity index (χ0v) is 12.7. The van der Waals surface area contributed by atoms with Crippen LogP contribution < -0.4 is 10.6 Å². The molecule has 21 heavy (non-hydrogen) atoms. The Morgan fingerprint density at radius 1 is 1.10 bits per heavy atom. The second kappa shape index (κ2) is 6.48. The number of anilines is 1.